The number of ether oxygens (including phenoxy) is 1. The highest BCUT2D eigenvalue weighted by molar-refractivity contribution is 9.09. The lowest BCUT2D eigenvalue weighted by atomic mass is 10.0. The number of ketones is 1. The summed E-state index contributed by atoms with van der Waals surface area (Å²) >= 11 is 4.12. The third kappa shape index (κ3) is 4.35. The minimum atomic E-state index is -1.35. The average Bonchev–Trinajstić information content (AvgIpc) is 2.66. The molecular weight excluding hydrogens is 462 g/mol. The number of fused-ring (bicyclic) bond motifs is 1. The van der Waals surface area contributed by atoms with Crippen molar-refractivity contribution in [1.82, 2.24) is 10.2 Å². The number of esters is 1. The maximum absolute atomic E-state index is 12.5. The van der Waals surface area contributed by atoms with Crippen LogP contribution >= 0.6 is 27.7 Å². The van der Waals surface area contributed by atoms with Crippen LogP contribution in [0.2, 0.25) is 0 Å². The number of carbonyl (C=O) groups excluding carboxylic acids is 4. The zero-order valence-electron chi connectivity index (χ0n) is 14.8. The van der Waals surface area contributed by atoms with E-state index in [-0.39, 0.29) is 29.0 Å². The number of halogens is 1. The minimum absolute atomic E-state index is 0.170. The summed E-state index contributed by atoms with van der Waals surface area (Å²) in [4.78, 5) is 64.6. The topological polar surface area (TPSA) is 152 Å². The van der Waals surface area contributed by atoms with Gasteiger partial charge in [0.15, 0.2) is 0 Å². The van der Waals surface area contributed by atoms with Gasteiger partial charge in [-0.1, -0.05) is 21.1 Å². The second-order valence-electron chi connectivity index (χ2n) is 5.58. The Kier molecular flexibility index (Phi) is 7.18. The van der Waals surface area contributed by atoms with E-state index >= 15 is 0 Å². The highest BCUT2D eigenvalue weighted by Gasteiger charge is 2.54. The van der Waals surface area contributed by atoms with Crippen LogP contribution in [-0.2, 0) is 33.5 Å². The predicted octanol–water partition coefficient (Wildman–Crippen LogP) is -0.745. The van der Waals surface area contributed by atoms with Crippen LogP contribution in [0.5, 0.6) is 0 Å². The maximum Gasteiger partial charge on any atom is 0.352 e. The first-order chi connectivity index (χ1) is 13.2. The molecule has 2 aliphatic rings. The number of alkyl halides is 1. The van der Waals surface area contributed by atoms with Crippen molar-refractivity contribution < 1.29 is 38.7 Å². The Morgan fingerprint density at radius 3 is 2.61 bits per heavy atom. The summed E-state index contributed by atoms with van der Waals surface area (Å²) in [6, 6.07) is -1.03. The van der Waals surface area contributed by atoms with Gasteiger partial charge in [0.2, 0.25) is 11.5 Å². The first-order valence-corrected chi connectivity index (χ1v) is 9.94. The van der Waals surface area contributed by atoms with Gasteiger partial charge in [0, 0.05) is 18.2 Å². The van der Waals surface area contributed by atoms with Gasteiger partial charge in [0.25, 0.3) is 11.8 Å². The van der Waals surface area contributed by atoms with Crippen LogP contribution in [0.1, 0.15) is 6.92 Å². The van der Waals surface area contributed by atoms with Gasteiger partial charge in [-0.25, -0.2) is 4.79 Å². The van der Waals surface area contributed by atoms with Crippen molar-refractivity contribution in [2.24, 2.45) is 5.16 Å². The number of hydrogen-bond acceptors (Lipinski definition) is 9. The second kappa shape index (κ2) is 9.19. The summed E-state index contributed by atoms with van der Waals surface area (Å²) in [5, 5.41) is 14.4. The number of carboxylic acids is 1. The largest absolute Gasteiger partial charge is 0.477 e. The molecule has 2 aliphatic heterocycles. The molecule has 2 amide bonds. The van der Waals surface area contributed by atoms with Gasteiger partial charge in [-0.2, -0.15) is 0 Å². The van der Waals surface area contributed by atoms with E-state index < -0.39 is 46.7 Å². The molecular formula is C15H16BrN3O8S. The summed E-state index contributed by atoms with van der Waals surface area (Å²) in [5.74, 6) is -3.95. The molecule has 11 nitrogen and oxygen atoms in total. The van der Waals surface area contributed by atoms with E-state index in [0.717, 1.165) is 12.0 Å². The molecule has 2 N–H and O–H groups in total. The number of Topliss-reactive ketones (excluding diaryl/α,β-unsaturated/α-hetero) is 1. The number of oxime groups is 1. The Morgan fingerprint density at radius 1 is 1.39 bits per heavy atom. The Morgan fingerprint density at radius 2 is 2.07 bits per heavy atom. The lowest BCUT2D eigenvalue weighted by Gasteiger charge is -2.49. The maximum atomic E-state index is 12.5. The van der Waals surface area contributed by atoms with Gasteiger partial charge in [-0.15, -0.1) is 11.8 Å². The molecule has 2 atom stereocenters. The van der Waals surface area contributed by atoms with Crippen molar-refractivity contribution in [2.45, 2.75) is 18.3 Å². The van der Waals surface area contributed by atoms with E-state index in [9.17, 15) is 29.1 Å². The number of β-lactam (4-membered cyclic amide) rings is 1. The number of nitrogens with zero attached hydrogens (tertiary/aromatic N) is 2. The molecule has 152 valence electrons. The molecule has 0 radical (unpaired) electrons. The van der Waals surface area contributed by atoms with Crippen LogP contribution < -0.4 is 5.32 Å². The van der Waals surface area contributed by atoms with Gasteiger partial charge in [0.05, 0.1) is 5.33 Å². The first-order valence-electron chi connectivity index (χ1n) is 7.77. The molecule has 1 fully saturated rings. The second-order valence-corrected chi connectivity index (χ2v) is 7.24. The molecule has 0 bridgehead atoms. The van der Waals surface area contributed by atoms with Crippen LogP contribution in [0.15, 0.2) is 16.4 Å². The molecule has 28 heavy (non-hydrogen) atoms. The summed E-state index contributed by atoms with van der Waals surface area (Å²) in [6.07, 6.45) is 0. The average molecular weight is 478 g/mol. The smallest absolute Gasteiger partial charge is 0.352 e. The lowest BCUT2D eigenvalue weighted by Crippen LogP contribution is -2.71. The van der Waals surface area contributed by atoms with E-state index in [2.05, 4.69) is 31.2 Å². The standard InChI is InChI=1S/C15H16BrN3O8S/c1-6(20)27-4-7-5-28-14-10(13(23)19(14)11(7)15(24)25)17-12(22)9(18-26-2)8(21)3-16/h10,14H,3-5H2,1-2H3,(H,17,22)(H,24,25)/b18-9+. The fraction of sp³-hybridized carbons (Fsp3) is 0.467. The monoisotopic (exact) mass is 477 g/mol. The molecule has 0 spiro atoms. The van der Waals surface area contributed by atoms with Crippen molar-refractivity contribution in [1.29, 1.82) is 0 Å². The van der Waals surface area contributed by atoms with E-state index in [0.29, 0.717) is 0 Å². The van der Waals surface area contributed by atoms with Gasteiger partial charge in [-0.3, -0.25) is 24.1 Å². The van der Waals surface area contributed by atoms with E-state index in [4.69, 9.17) is 4.74 Å². The third-order valence-electron chi connectivity index (χ3n) is 3.77. The third-order valence-corrected chi connectivity index (χ3v) is 5.62. The highest BCUT2D eigenvalue weighted by Crippen LogP contribution is 2.40. The van der Waals surface area contributed by atoms with Crippen LogP contribution in [0.4, 0.5) is 0 Å². The number of aliphatic carboxylic acids is 1. The predicted molar refractivity (Wildman–Crippen MR) is 99.6 cm³/mol. The number of carbonyl (C=O) groups is 5. The zero-order valence-corrected chi connectivity index (χ0v) is 17.2. The molecule has 0 saturated carbocycles. The number of hydrogen-bond donors (Lipinski definition) is 2. The fourth-order valence-corrected chi connectivity index (χ4v) is 4.16. The van der Waals surface area contributed by atoms with Crippen molar-refractivity contribution in [2.75, 3.05) is 24.8 Å². The Labute approximate surface area is 171 Å². The summed E-state index contributed by atoms with van der Waals surface area (Å²) < 4.78 is 4.84. The van der Waals surface area contributed by atoms with E-state index in [1.807, 2.05) is 0 Å². The Bertz CT molecular complexity index is 796. The van der Waals surface area contributed by atoms with Crippen molar-refractivity contribution in [3.63, 3.8) is 0 Å². The summed E-state index contributed by atoms with van der Waals surface area (Å²) in [6.45, 7) is 0.940. The number of thioether (sulfide) groups is 1. The molecule has 1 saturated heterocycles. The molecule has 0 aromatic rings. The van der Waals surface area contributed by atoms with E-state index in [1.54, 1.807) is 0 Å². The number of nitrogens with one attached hydrogen (secondary N) is 1. The Hall–Kier alpha value is -2.41. The first kappa shape index (κ1) is 21.9. The molecule has 2 heterocycles. The molecule has 0 aromatic heterocycles. The van der Waals surface area contributed by atoms with Crippen molar-refractivity contribution in [3.8, 4) is 0 Å². The quantitative estimate of drug-likeness (QED) is 0.115. The molecule has 2 rings (SSSR count). The zero-order chi connectivity index (χ0) is 21.0. The van der Waals surface area contributed by atoms with Crippen molar-refractivity contribution in [3.05, 3.63) is 11.3 Å². The molecule has 0 aromatic carbocycles. The van der Waals surface area contributed by atoms with Gasteiger partial charge in [-0.05, 0) is 0 Å². The number of rotatable bonds is 8. The van der Waals surface area contributed by atoms with Crippen LogP contribution in [0.3, 0.4) is 0 Å². The number of carboxylic acid groups (broad SMARTS) is 1. The van der Waals surface area contributed by atoms with Crippen molar-refractivity contribution >= 4 is 62.9 Å². The normalized spacial score (nSPS) is 21.5. The fourth-order valence-electron chi connectivity index (χ4n) is 2.57. The molecule has 2 unspecified atom stereocenters. The highest BCUT2D eigenvalue weighted by atomic mass is 79.9. The molecule has 13 heteroatoms. The summed E-state index contributed by atoms with van der Waals surface area (Å²) in [5.41, 5.74) is -0.517. The minimum Gasteiger partial charge on any atom is -0.477 e. The number of amides is 2. The van der Waals surface area contributed by atoms with Gasteiger partial charge >= 0.3 is 11.9 Å². The lowest BCUT2D eigenvalue weighted by molar-refractivity contribution is -0.150. The summed E-state index contributed by atoms with van der Waals surface area (Å²) in [7, 11) is 1.16. The van der Waals surface area contributed by atoms with Gasteiger partial charge in [0.1, 0.15) is 30.8 Å². The van der Waals surface area contributed by atoms with Crippen LogP contribution in [-0.4, -0.2) is 81.5 Å². The Balaban J connectivity index is 2.18. The molecule has 0 aliphatic carbocycles. The van der Waals surface area contributed by atoms with Gasteiger partial charge < -0.3 is 20.0 Å². The van der Waals surface area contributed by atoms with Crippen LogP contribution in [0.25, 0.3) is 0 Å². The van der Waals surface area contributed by atoms with Crippen LogP contribution in [0, 0.1) is 0 Å². The SMILES string of the molecule is CO/N=C(\C(=O)CBr)C(=O)NC1C(=O)N2C(C(=O)O)=C(COC(C)=O)CSC12. The van der Waals surface area contributed by atoms with E-state index in [1.165, 1.54) is 18.7 Å².